The third-order valence-corrected chi connectivity index (χ3v) is 4.51. The van der Waals surface area contributed by atoms with E-state index in [0.29, 0.717) is 12.0 Å². The first-order chi connectivity index (χ1) is 9.67. The van der Waals surface area contributed by atoms with E-state index in [1.165, 1.54) is 6.07 Å². The number of hydrogen-bond acceptors (Lipinski definition) is 3. The molecule has 0 spiro atoms. The summed E-state index contributed by atoms with van der Waals surface area (Å²) in [5, 5.41) is 5.16. The van der Waals surface area contributed by atoms with Crippen LogP contribution in [0.15, 0.2) is 40.4 Å². The van der Waals surface area contributed by atoms with Crippen LogP contribution in [0.3, 0.4) is 0 Å². The van der Waals surface area contributed by atoms with E-state index in [9.17, 15) is 4.39 Å². The quantitative estimate of drug-likeness (QED) is 0.772. The van der Waals surface area contributed by atoms with Gasteiger partial charge in [-0.25, -0.2) is 9.37 Å². The van der Waals surface area contributed by atoms with Crippen LogP contribution in [0.2, 0.25) is 0 Å². The van der Waals surface area contributed by atoms with E-state index in [0.717, 1.165) is 15.1 Å². The summed E-state index contributed by atoms with van der Waals surface area (Å²) < 4.78 is 16.8. The monoisotopic (exact) mass is 353 g/mol. The van der Waals surface area contributed by atoms with Crippen molar-refractivity contribution in [2.45, 2.75) is 12.5 Å². The Morgan fingerprint density at radius 1 is 1.50 bits per heavy atom. The third kappa shape index (κ3) is 2.63. The summed E-state index contributed by atoms with van der Waals surface area (Å²) in [5.74, 6) is -0.209. The Morgan fingerprint density at radius 3 is 3.05 bits per heavy atom. The zero-order valence-corrected chi connectivity index (χ0v) is 13.2. The Kier molecular flexibility index (Phi) is 3.87. The molecule has 0 aliphatic carbocycles. The van der Waals surface area contributed by atoms with Gasteiger partial charge in [0.1, 0.15) is 5.82 Å². The van der Waals surface area contributed by atoms with Gasteiger partial charge in [0, 0.05) is 40.3 Å². The molecule has 1 aromatic carbocycles. The number of rotatable bonds is 4. The molecule has 0 amide bonds. The van der Waals surface area contributed by atoms with Crippen LogP contribution in [0.25, 0.3) is 4.96 Å². The molecule has 0 aliphatic heterocycles. The van der Waals surface area contributed by atoms with E-state index in [1.54, 1.807) is 17.4 Å². The number of nitrogens with one attached hydrogen (secondary N) is 1. The fourth-order valence-corrected chi connectivity index (χ4v) is 3.29. The molecule has 1 atom stereocenters. The summed E-state index contributed by atoms with van der Waals surface area (Å²) in [7, 11) is 1.84. The Bertz CT molecular complexity index is 708. The number of benzene rings is 1. The maximum Gasteiger partial charge on any atom is 0.193 e. The third-order valence-electron chi connectivity index (χ3n) is 3.24. The highest BCUT2D eigenvalue weighted by atomic mass is 79.9. The van der Waals surface area contributed by atoms with Gasteiger partial charge < -0.3 is 5.32 Å². The molecule has 3 rings (SSSR count). The molecule has 20 heavy (non-hydrogen) atoms. The Labute approximate surface area is 128 Å². The average molecular weight is 354 g/mol. The molecular weight excluding hydrogens is 341 g/mol. The molecule has 0 saturated carbocycles. The summed E-state index contributed by atoms with van der Waals surface area (Å²) >= 11 is 4.87. The van der Waals surface area contributed by atoms with Crippen molar-refractivity contribution in [3.05, 3.63) is 57.5 Å². The maximum absolute atomic E-state index is 14.0. The Hall–Kier alpha value is -1.24. The molecule has 0 bridgehead atoms. The summed E-state index contributed by atoms with van der Waals surface area (Å²) in [6.07, 6.45) is 4.63. The van der Waals surface area contributed by atoms with Gasteiger partial charge in [0.2, 0.25) is 0 Å². The van der Waals surface area contributed by atoms with Crippen molar-refractivity contribution >= 4 is 32.2 Å². The number of thiazole rings is 1. The maximum atomic E-state index is 14.0. The lowest BCUT2D eigenvalue weighted by molar-refractivity contribution is 0.530. The van der Waals surface area contributed by atoms with Crippen LogP contribution in [0, 0.1) is 5.82 Å². The minimum Gasteiger partial charge on any atom is -0.313 e. The number of nitrogens with zero attached hydrogens (tertiary/aromatic N) is 2. The van der Waals surface area contributed by atoms with E-state index in [4.69, 9.17) is 0 Å². The zero-order chi connectivity index (χ0) is 14.1. The minimum atomic E-state index is -0.209. The van der Waals surface area contributed by atoms with Gasteiger partial charge in [-0.2, -0.15) is 0 Å². The van der Waals surface area contributed by atoms with Crippen molar-refractivity contribution in [3.8, 4) is 0 Å². The van der Waals surface area contributed by atoms with Crippen molar-refractivity contribution in [1.29, 1.82) is 0 Å². The van der Waals surface area contributed by atoms with Gasteiger partial charge in [-0.05, 0) is 19.2 Å². The Balaban J connectivity index is 1.88. The second kappa shape index (κ2) is 5.63. The van der Waals surface area contributed by atoms with Crippen LogP contribution >= 0.6 is 27.3 Å². The standard InChI is InChI=1S/C14H13BrFN3S/c1-17-13(11-3-2-9(15)6-12(11)16)7-10-8-19-4-5-20-14(19)18-10/h2-6,8,13,17H,7H2,1H3. The van der Waals surface area contributed by atoms with Gasteiger partial charge in [-0.1, -0.05) is 22.0 Å². The average Bonchev–Trinajstić information content (AvgIpc) is 2.97. The molecule has 1 unspecified atom stereocenters. The van der Waals surface area contributed by atoms with Crippen molar-refractivity contribution in [1.82, 2.24) is 14.7 Å². The minimum absolute atomic E-state index is 0.0901. The predicted molar refractivity (Wildman–Crippen MR) is 82.7 cm³/mol. The van der Waals surface area contributed by atoms with Gasteiger partial charge in [-0.3, -0.25) is 4.40 Å². The molecule has 1 N–H and O–H groups in total. The first-order valence-corrected chi connectivity index (χ1v) is 7.88. The van der Waals surface area contributed by atoms with E-state index < -0.39 is 0 Å². The molecule has 2 heterocycles. The Morgan fingerprint density at radius 2 is 2.35 bits per heavy atom. The van der Waals surface area contributed by atoms with Crippen molar-refractivity contribution in [3.63, 3.8) is 0 Å². The number of halogens is 2. The van der Waals surface area contributed by atoms with Crippen molar-refractivity contribution in [2.24, 2.45) is 0 Å². The molecular formula is C14H13BrFN3S. The van der Waals surface area contributed by atoms with E-state index in [1.807, 2.05) is 35.3 Å². The van der Waals surface area contributed by atoms with Crippen LogP contribution in [0.4, 0.5) is 4.39 Å². The number of aromatic nitrogens is 2. The zero-order valence-electron chi connectivity index (χ0n) is 10.8. The number of fused-ring (bicyclic) bond motifs is 1. The highest BCUT2D eigenvalue weighted by Crippen LogP contribution is 2.24. The number of hydrogen-bond donors (Lipinski definition) is 1. The molecule has 0 fully saturated rings. The van der Waals surface area contributed by atoms with Crippen molar-refractivity contribution in [2.75, 3.05) is 7.05 Å². The van der Waals surface area contributed by atoms with E-state index in [2.05, 4.69) is 26.2 Å². The molecule has 104 valence electrons. The molecule has 3 aromatic rings. The van der Waals surface area contributed by atoms with Gasteiger partial charge in [0.25, 0.3) is 0 Å². The van der Waals surface area contributed by atoms with Gasteiger partial charge in [0.05, 0.1) is 5.69 Å². The number of likely N-dealkylation sites (N-methyl/N-ethyl adjacent to an activating group) is 1. The fourth-order valence-electron chi connectivity index (χ4n) is 2.24. The van der Waals surface area contributed by atoms with Crippen LogP contribution in [-0.4, -0.2) is 16.4 Å². The SMILES string of the molecule is CNC(Cc1cn2ccsc2n1)c1ccc(Br)cc1F. The first kappa shape index (κ1) is 13.7. The molecule has 6 heteroatoms. The van der Waals surface area contributed by atoms with Crippen molar-refractivity contribution < 1.29 is 4.39 Å². The molecule has 0 saturated heterocycles. The first-order valence-electron chi connectivity index (χ1n) is 6.20. The van der Waals surface area contributed by atoms with Crippen LogP contribution < -0.4 is 5.32 Å². The van der Waals surface area contributed by atoms with Gasteiger partial charge >= 0.3 is 0 Å². The van der Waals surface area contributed by atoms with Crippen LogP contribution in [0.5, 0.6) is 0 Å². The highest BCUT2D eigenvalue weighted by Gasteiger charge is 2.16. The predicted octanol–water partition coefficient (Wildman–Crippen LogP) is 3.80. The molecule has 0 radical (unpaired) electrons. The lowest BCUT2D eigenvalue weighted by atomic mass is 10.0. The summed E-state index contributed by atoms with van der Waals surface area (Å²) in [6, 6.07) is 5.06. The summed E-state index contributed by atoms with van der Waals surface area (Å²) in [5.41, 5.74) is 1.62. The molecule has 2 aromatic heterocycles. The van der Waals surface area contributed by atoms with E-state index in [-0.39, 0.29) is 11.9 Å². The molecule has 0 aliphatic rings. The van der Waals surface area contributed by atoms with Crippen LogP contribution in [0.1, 0.15) is 17.3 Å². The lowest BCUT2D eigenvalue weighted by Gasteiger charge is -2.16. The van der Waals surface area contributed by atoms with Crippen LogP contribution in [-0.2, 0) is 6.42 Å². The fraction of sp³-hybridized carbons (Fsp3) is 0.214. The molecule has 3 nitrogen and oxygen atoms in total. The smallest absolute Gasteiger partial charge is 0.193 e. The largest absolute Gasteiger partial charge is 0.313 e. The number of imidazole rings is 1. The summed E-state index contributed by atoms with van der Waals surface area (Å²) in [6.45, 7) is 0. The second-order valence-corrected chi connectivity index (χ2v) is 6.33. The van der Waals surface area contributed by atoms with E-state index >= 15 is 0 Å². The lowest BCUT2D eigenvalue weighted by Crippen LogP contribution is -2.20. The van der Waals surface area contributed by atoms with Gasteiger partial charge in [0.15, 0.2) is 4.96 Å². The van der Waals surface area contributed by atoms with Gasteiger partial charge in [-0.15, -0.1) is 11.3 Å². The highest BCUT2D eigenvalue weighted by molar-refractivity contribution is 9.10. The normalized spacial score (nSPS) is 12.9. The summed E-state index contributed by atoms with van der Waals surface area (Å²) in [4.78, 5) is 5.51. The second-order valence-electron chi connectivity index (χ2n) is 4.54. The topological polar surface area (TPSA) is 29.3 Å².